The second-order valence-corrected chi connectivity index (χ2v) is 8.12. The zero-order valence-electron chi connectivity index (χ0n) is 17.7. The highest BCUT2D eigenvalue weighted by molar-refractivity contribution is 5.94. The van der Waals surface area contributed by atoms with Crippen molar-refractivity contribution in [3.63, 3.8) is 0 Å². The lowest BCUT2D eigenvalue weighted by molar-refractivity contribution is 0.0402. The van der Waals surface area contributed by atoms with Crippen LogP contribution in [-0.2, 0) is 0 Å². The molecule has 0 bridgehead atoms. The van der Waals surface area contributed by atoms with Crippen LogP contribution in [0, 0.1) is 6.92 Å². The maximum atomic E-state index is 12.5. The number of rotatable bonds is 7. The topological polar surface area (TPSA) is 53.0 Å². The molecule has 1 N–H and O–H groups in total. The number of hydrogen-bond acceptors (Lipinski definition) is 4. The van der Waals surface area contributed by atoms with E-state index >= 15 is 0 Å². The number of aliphatic hydroxyl groups excluding tert-OH is 1. The molecule has 1 aliphatic heterocycles. The molecule has 5 nitrogen and oxygen atoms in total. The molecule has 1 aliphatic rings. The maximum absolute atomic E-state index is 12.5. The van der Waals surface area contributed by atoms with E-state index in [1.807, 2.05) is 48.2 Å². The van der Waals surface area contributed by atoms with E-state index in [1.165, 1.54) is 0 Å². The number of aliphatic hydroxyl groups is 1. The molecule has 0 aromatic heterocycles. The molecule has 2 aromatic rings. The number of amides is 1. The smallest absolute Gasteiger partial charge is 0.253 e. The Labute approximate surface area is 173 Å². The number of piperazine rings is 1. The molecule has 156 valence electrons. The normalized spacial score (nSPS) is 16.1. The summed E-state index contributed by atoms with van der Waals surface area (Å²) in [6.07, 6.45) is -0.563. The quantitative estimate of drug-likeness (QED) is 0.780. The minimum Gasteiger partial charge on any atom is -0.491 e. The van der Waals surface area contributed by atoms with Gasteiger partial charge in [-0.25, -0.2) is 0 Å². The number of β-amino-alcohol motifs (C(OH)–C–C–N with tert-alkyl or cyclic N) is 1. The third-order valence-corrected chi connectivity index (χ3v) is 5.37. The van der Waals surface area contributed by atoms with Gasteiger partial charge in [0.2, 0.25) is 0 Å². The van der Waals surface area contributed by atoms with Crippen molar-refractivity contribution in [2.75, 3.05) is 39.3 Å². The molecular formula is C24H32N2O3. The van der Waals surface area contributed by atoms with Crippen molar-refractivity contribution in [2.45, 2.75) is 32.8 Å². The van der Waals surface area contributed by atoms with Crippen LogP contribution in [0.15, 0.2) is 48.5 Å². The van der Waals surface area contributed by atoms with Crippen molar-refractivity contribution in [3.8, 4) is 5.75 Å². The van der Waals surface area contributed by atoms with Crippen LogP contribution < -0.4 is 4.74 Å². The highest BCUT2D eigenvalue weighted by Gasteiger charge is 2.23. The lowest BCUT2D eigenvalue weighted by atomic mass is 10.0. The summed E-state index contributed by atoms with van der Waals surface area (Å²) < 4.78 is 5.96. The number of carbonyl (C=O) groups is 1. The van der Waals surface area contributed by atoms with E-state index in [0.717, 1.165) is 35.5 Å². The number of benzene rings is 2. The number of nitrogens with zero attached hydrogens (tertiary/aromatic N) is 2. The first-order chi connectivity index (χ1) is 13.9. The number of carbonyl (C=O) groups excluding carboxylic acids is 1. The largest absolute Gasteiger partial charge is 0.491 e. The Morgan fingerprint density at radius 1 is 1.07 bits per heavy atom. The van der Waals surface area contributed by atoms with Gasteiger partial charge in [0, 0.05) is 38.3 Å². The summed E-state index contributed by atoms with van der Waals surface area (Å²) in [7, 11) is 0. The molecule has 1 unspecified atom stereocenters. The highest BCUT2D eigenvalue weighted by Crippen LogP contribution is 2.27. The van der Waals surface area contributed by atoms with Crippen molar-refractivity contribution < 1.29 is 14.6 Å². The summed E-state index contributed by atoms with van der Waals surface area (Å²) in [5.41, 5.74) is 3.04. The Balaban J connectivity index is 1.46. The van der Waals surface area contributed by atoms with Gasteiger partial charge in [0.15, 0.2) is 0 Å². The molecule has 3 rings (SSSR count). The van der Waals surface area contributed by atoms with Gasteiger partial charge in [-0.1, -0.05) is 44.2 Å². The first-order valence-electron chi connectivity index (χ1n) is 10.4. The average Bonchev–Trinajstić information content (AvgIpc) is 2.73. The van der Waals surface area contributed by atoms with Crippen molar-refractivity contribution in [1.29, 1.82) is 0 Å². The maximum Gasteiger partial charge on any atom is 0.253 e. The van der Waals surface area contributed by atoms with Gasteiger partial charge < -0.3 is 14.7 Å². The van der Waals surface area contributed by atoms with Crippen LogP contribution in [0.3, 0.4) is 0 Å². The fraction of sp³-hybridized carbons (Fsp3) is 0.458. The highest BCUT2D eigenvalue weighted by atomic mass is 16.5. The lowest BCUT2D eigenvalue weighted by Crippen LogP contribution is -2.51. The Morgan fingerprint density at radius 2 is 1.76 bits per heavy atom. The molecule has 2 aromatic carbocycles. The van der Waals surface area contributed by atoms with Gasteiger partial charge >= 0.3 is 0 Å². The predicted molar refractivity (Wildman–Crippen MR) is 116 cm³/mol. The Hall–Kier alpha value is -2.37. The van der Waals surface area contributed by atoms with Crippen LogP contribution in [0.5, 0.6) is 5.75 Å². The summed E-state index contributed by atoms with van der Waals surface area (Å²) in [4.78, 5) is 16.6. The molecule has 1 atom stereocenters. The zero-order chi connectivity index (χ0) is 20.8. The van der Waals surface area contributed by atoms with E-state index in [0.29, 0.717) is 25.6 Å². The molecule has 1 heterocycles. The summed E-state index contributed by atoms with van der Waals surface area (Å²) in [6, 6.07) is 15.6. The predicted octanol–water partition coefficient (Wildman–Crippen LogP) is 3.32. The molecule has 0 radical (unpaired) electrons. The number of ether oxygens (including phenoxy) is 1. The Bertz CT molecular complexity index is 799. The molecule has 0 spiro atoms. The first kappa shape index (κ1) is 21.3. The van der Waals surface area contributed by atoms with Gasteiger partial charge in [-0.2, -0.15) is 0 Å². The van der Waals surface area contributed by atoms with E-state index in [4.69, 9.17) is 4.74 Å². The third kappa shape index (κ3) is 5.81. The van der Waals surface area contributed by atoms with Gasteiger partial charge in [-0.15, -0.1) is 0 Å². The zero-order valence-corrected chi connectivity index (χ0v) is 17.7. The van der Waals surface area contributed by atoms with E-state index < -0.39 is 6.10 Å². The average molecular weight is 397 g/mol. The van der Waals surface area contributed by atoms with Crippen LogP contribution in [0.1, 0.15) is 41.3 Å². The number of aryl methyl sites for hydroxylation is 1. The molecule has 5 heteroatoms. The molecule has 0 saturated carbocycles. The van der Waals surface area contributed by atoms with Gasteiger partial charge in [0.25, 0.3) is 5.91 Å². The summed E-state index contributed by atoms with van der Waals surface area (Å²) in [6.45, 7) is 10.0. The molecule has 0 aliphatic carbocycles. The SMILES string of the molecule is Cc1ccc(C(C)C)c(OCC(O)CN2CCN(C(=O)c3ccccc3)CC2)c1. The second kappa shape index (κ2) is 9.90. The summed E-state index contributed by atoms with van der Waals surface area (Å²) in [5, 5.41) is 10.5. The van der Waals surface area contributed by atoms with Gasteiger partial charge in [0.1, 0.15) is 18.5 Å². The minimum atomic E-state index is -0.563. The number of hydrogen-bond donors (Lipinski definition) is 1. The van der Waals surface area contributed by atoms with Gasteiger partial charge in [0.05, 0.1) is 0 Å². The summed E-state index contributed by atoms with van der Waals surface area (Å²) >= 11 is 0. The third-order valence-electron chi connectivity index (χ3n) is 5.37. The second-order valence-electron chi connectivity index (χ2n) is 8.12. The van der Waals surface area contributed by atoms with E-state index in [9.17, 15) is 9.90 Å². The fourth-order valence-electron chi connectivity index (χ4n) is 3.68. The molecule has 29 heavy (non-hydrogen) atoms. The Kier molecular flexibility index (Phi) is 7.29. The molecule has 1 saturated heterocycles. The minimum absolute atomic E-state index is 0.0785. The first-order valence-corrected chi connectivity index (χ1v) is 10.4. The molecule has 1 amide bonds. The lowest BCUT2D eigenvalue weighted by Gasteiger charge is -2.35. The molecular weight excluding hydrogens is 364 g/mol. The van der Waals surface area contributed by atoms with Crippen molar-refractivity contribution in [2.24, 2.45) is 0 Å². The van der Waals surface area contributed by atoms with Gasteiger partial charge in [-0.3, -0.25) is 9.69 Å². The van der Waals surface area contributed by atoms with Crippen LogP contribution in [0.2, 0.25) is 0 Å². The van der Waals surface area contributed by atoms with Crippen LogP contribution >= 0.6 is 0 Å². The van der Waals surface area contributed by atoms with E-state index in [1.54, 1.807) is 0 Å². The fourth-order valence-corrected chi connectivity index (χ4v) is 3.68. The van der Waals surface area contributed by atoms with E-state index in [-0.39, 0.29) is 12.5 Å². The van der Waals surface area contributed by atoms with Crippen LogP contribution in [0.4, 0.5) is 0 Å². The molecule has 1 fully saturated rings. The van der Waals surface area contributed by atoms with Crippen LogP contribution in [0.25, 0.3) is 0 Å². The monoisotopic (exact) mass is 396 g/mol. The van der Waals surface area contributed by atoms with Crippen molar-refractivity contribution in [3.05, 3.63) is 65.2 Å². The van der Waals surface area contributed by atoms with E-state index in [2.05, 4.69) is 30.9 Å². The standard InChI is InChI=1S/C24H32N2O3/c1-18(2)22-10-9-19(3)15-23(22)29-17-21(27)16-25-11-13-26(14-12-25)24(28)20-7-5-4-6-8-20/h4-10,15,18,21,27H,11-14,16-17H2,1-3H3. The van der Waals surface area contributed by atoms with Gasteiger partial charge in [-0.05, 0) is 42.2 Å². The Morgan fingerprint density at radius 3 is 2.41 bits per heavy atom. The van der Waals surface area contributed by atoms with Crippen molar-refractivity contribution >= 4 is 5.91 Å². The van der Waals surface area contributed by atoms with Crippen LogP contribution in [-0.4, -0.2) is 66.2 Å². The summed E-state index contributed by atoms with van der Waals surface area (Å²) in [5.74, 6) is 1.31. The van der Waals surface area contributed by atoms with Crippen molar-refractivity contribution in [1.82, 2.24) is 9.80 Å².